The number of alkyl halides is 3. The molecule has 12 heteroatoms. The maximum atomic E-state index is 13.9. The SMILES string of the molecule is Cn1cnnc1-c1ccc(C#N)cc1-c1cc(NC(=O)C2CC2)nc(N2Cc3c(cccc3C(F)(F)F)C3OC32)c1. The number of carbonyl (C=O) groups is 1. The van der Waals surface area contributed by atoms with Crippen LogP contribution in [0.3, 0.4) is 0 Å². The average Bonchev–Trinajstić information content (AvgIpc) is 3.88. The lowest BCUT2D eigenvalue weighted by Gasteiger charge is -2.29. The first-order valence-corrected chi connectivity index (χ1v) is 13.0. The predicted octanol–water partition coefficient (Wildman–Crippen LogP) is 5.20. The molecule has 1 aliphatic carbocycles. The second kappa shape index (κ2) is 9.14. The number of epoxide rings is 1. The Morgan fingerprint density at radius 2 is 1.98 bits per heavy atom. The van der Waals surface area contributed by atoms with Gasteiger partial charge in [0.15, 0.2) is 12.1 Å². The number of halogens is 3. The molecule has 3 aliphatic rings. The lowest BCUT2D eigenvalue weighted by Crippen LogP contribution is -2.33. The summed E-state index contributed by atoms with van der Waals surface area (Å²) in [4.78, 5) is 19.1. The smallest absolute Gasteiger partial charge is 0.342 e. The zero-order valence-electron chi connectivity index (χ0n) is 21.7. The van der Waals surface area contributed by atoms with Crippen LogP contribution in [0.5, 0.6) is 0 Å². The zero-order chi connectivity index (χ0) is 28.5. The first-order chi connectivity index (χ1) is 19.7. The first kappa shape index (κ1) is 25.2. The number of fused-ring (bicyclic) bond motifs is 3. The molecule has 2 aromatic heterocycles. The largest absolute Gasteiger partial charge is 0.416 e. The molecular formula is C29H22F3N7O2. The predicted molar refractivity (Wildman–Crippen MR) is 141 cm³/mol. The first-order valence-electron chi connectivity index (χ1n) is 13.0. The van der Waals surface area contributed by atoms with Crippen LogP contribution in [-0.4, -0.2) is 31.9 Å². The van der Waals surface area contributed by atoms with E-state index in [9.17, 15) is 23.2 Å². The van der Waals surface area contributed by atoms with Crippen molar-refractivity contribution in [3.63, 3.8) is 0 Å². The van der Waals surface area contributed by atoms with Crippen molar-refractivity contribution in [3.05, 3.63) is 77.1 Å². The summed E-state index contributed by atoms with van der Waals surface area (Å²) in [5.41, 5.74) is 2.27. The standard InChI is InChI=1S/C29H22F3N7O2/c1-38-14-34-37-26(38)19-8-5-15(12-33)9-20(19)17-10-23(36-27(40)16-6-7-16)35-24(11-17)39-13-21-18(25-28(39)41-25)3-2-4-22(21)29(30,31)32/h2-5,8-11,14,16,25,28H,6-7,13H2,1H3,(H,35,36,40). The number of rotatable bonds is 5. The van der Waals surface area contributed by atoms with Crippen molar-refractivity contribution < 1.29 is 22.7 Å². The van der Waals surface area contributed by atoms with Crippen molar-refractivity contribution in [2.45, 2.75) is 37.9 Å². The van der Waals surface area contributed by atoms with E-state index in [1.165, 1.54) is 6.07 Å². The Bertz CT molecular complexity index is 1760. The summed E-state index contributed by atoms with van der Waals surface area (Å²) in [6, 6.07) is 14.9. The molecule has 206 valence electrons. The van der Waals surface area contributed by atoms with Gasteiger partial charge in [0.05, 0.1) is 17.2 Å². The number of hydrogen-bond acceptors (Lipinski definition) is 7. The van der Waals surface area contributed by atoms with E-state index in [4.69, 9.17) is 4.74 Å². The van der Waals surface area contributed by atoms with E-state index in [0.717, 1.165) is 18.9 Å². The summed E-state index contributed by atoms with van der Waals surface area (Å²) in [5, 5.41) is 20.7. The Morgan fingerprint density at radius 3 is 2.68 bits per heavy atom. The molecule has 7 rings (SSSR count). The second-order valence-electron chi connectivity index (χ2n) is 10.4. The van der Waals surface area contributed by atoms with Gasteiger partial charge in [-0.05, 0) is 71.5 Å². The monoisotopic (exact) mass is 557 g/mol. The fourth-order valence-electron chi connectivity index (χ4n) is 5.38. The van der Waals surface area contributed by atoms with Gasteiger partial charge < -0.3 is 19.5 Å². The summed E-state index contributed by atoms with van der Waals surface area (Å²) in [7, 11) is 1.80. The maximum Gasteiger partial charge on any atom is 0.416 e. The molecule has 9 nitrogen and oxygen atoms in total. The number of aromatic nitrogens is 4. The molecule has 1 amide bonds. The number of nitrogens with one attached hydrogen (secondary N) is 1. The Hall–Kier alpha value is -4.76. The van der Waals surface area contributed by atoms with Crippen LogP contribution in [0.4, 0.5) is 24.8 Å². The van der Waals surface area contributed by atoms with Gasteiger partial charge in [-0.3, -0.25) is 4.79 Å². The summed E-state index contributed by atoms with van der Waals surface area (Å²) in [6.07, 6.45) is -2.40. The quantitative estimate of drug-likeness (QED) is 0.336. The van der Waals surface area contributed by atoms with Gasteiger partial charge in [0, 0.05) is 25.1 Å². The van der Waals surface area contributed by atoms with Crippen molar-refractivity contribution >= 4 is 17.5 Å². The van der Waals surface area contributed by atoms with E-state index in [-0.39, 0.29) is 29.8 Å². The van der Waals surface area contributed by atoms with E-state index in [1.54, 1.807) is 59.2 Å². The van der Waals surface area contributed by atoms with Gasteiger partial charge in [-0.2, -0.15) is 18.4 Å². The van der Waals surface area contributed by atoms with E-state index in [2.05, 4.69) is 26.6 Å². The number of ether oxygens (including phenoxy) is 1. The molecule has 0 spiro atoms. The number of nitriles is 1. The fourth-order valence-corrected chi connectivity index (χ4v) is 5.38. The Balaban J connectivity index is 1.37. The highest BCUT2D eigenvalue weighted by Crippen LogP contribution is 2.51. The van der Waals surface area contributed by atoms with Gasteiger partial charge in [-0.15, -0.1) is 10.2 Å². The lowest BCUT2D eigenvalue weighted by molar-refractivity contribution is -0.138. The molecule has 4 aromatic rings. The van der Waals surface area contributed by atoms with Crippen molar-refractivity contribution in [1.29, 1.82) is 5.26 Å². The van der Waals surface area contributed by atoms with Gasteiger partial charge in [-0.25, -0.2) is 4.98 Å². The molecule has 41 heavy (non-hydrogen) atoms. The Kier molecular flexibility index (Phi) is 5.62. The second-order valence-corrected chi connectivity index (χ2v) is 10.4. The minimum atomic E-state index is -4.53. The fraction of sp³-hybridized carbons (Fsp3) is 0.276. The highest BCUT2D eigenvalue weighted by Gasteiger charge is 2.52. The van der Waals surface area contributed by atoms with Crippen LogP contribution in [0.15, 0.2) is 54.9 Å². The molecule has 2 aliphatic heterocycles. The summed E-state index contributed by atoms with van der Waals surface area (Å²) < 4.78 is 49.4. The summed E-state index contributed by atoms with van der Waals surface area (Å²) in [6.45, 7) is -0.0764. The van der Waals surface area contributed by atoms with Gasteiger partial charge in [0.25, 0.3) is 0 Å². The van der Waals surface area contributed by atoms with Crippen molar-refractivity contribution in [3.8, 4) is 28.6 Å². The molecule has 2 aromatic carbocycles. The molecule has 0 bridgehead atoms. The van der Waals surface area contributed by atoms with Crippen LogP contribution in [0, 0.1) is 17.2 Å². The zero-order valence-corrected chi connectivity index (χ0v) is 21.7. The molecule has 1 saturated heterocycles. The van der Waals surface area contributed by atoms with Crippen LogP contribution >= 0.6 is 0 Å². The van der Waals surface area contributed by atoms with Crippen LogP contribution in [-0.2, 0) is 29.3 Å². The van der Waals surface area contributed by atoms with Crippen molar-refractivity contribution in [1.82, 2.24) is 19.7 Å². The maximum absolute atomic E-state index is 13.9. The van der Waals surface area contributed by atoms with E-state index < -0.39 is 24.1 Å². The van der Waals surface area contributed by atoms with Crippen LogP contribution in [0.2, 0.25) is 0 Å². The van der Waals surface area contributed by atoms with Crippen LogP contribution < -0.4 is 10.2 Å². The minimum absolute atomic E-state index is 0.0764. The van der Waals surface area contributed by atoms with Gasteiger partial charge >= 0.3 is 6.18 Å². The number of benzene rings is 2. The number of amides is 1. The molecule has 2 unspecified atom stereocenters. The average molecular weight is 558 g/mol. The summed E-state index contributed by atoms with van der Waals surface area (Å²) in [5.74, 6) is 0.901. The normalized spacial score (nSPS) is 19.2. The molecule has 1 N–H and O–H groups in total. The van der Waals surface area contributed by atoms with Crippen molar-refractivity contribution in [2.24, 2.45) is 13.0 Å². The number of hydrogen-bond donors (Lipinski definition) is 1. The van der Waals surface area contributed by atoms with Gasteiger partial charge in [0.1, 0.15) is 24.1 Å². The molecule has 2 atom stereocenters. The molecule has 0 radical (unpaired) electrons. The number of pyridine rings is 1. The van der Waals surface area contributed by atoms with Gasteiger partial charge in [-0.1, -0.05) is 12.1 Å². The number of anilines is 2. The third-order valence-corrected chi connectivity index (χ3v) is 7.65. The highest BCUT2D eigenvalue weighted by atomic mass is 19.4. The van der Waals surface area contributed by atoms with E-state index in [0.29, 0.717) is 39.5 Å². The molecule has 4 heterocycles. The third kappa shape index (κ3) is 4.48. The van der Waals surface area contributed by atoms with Crippen molar-refractivity contribution in [2.75, 3.05) is 10.2 Å². The molecular weight excluding hydrogens is 535 g/mol. The topological polar surface area (TPSA) is 112 Å². The van der Waals surface area contributed by atoms with E-state index in [1.807, 2.05) is 0 Å². The number of nitrogens with zero attached hydrogens (tertiary/aromatic N) is 6. The van der Waals surface area contributed by atoms with Crippen LogP contribution in [0.1, 0.15) is 41.2 Å². The Morgan fingerprint density at radius 1 is 1.15 bits per heavy atom. The number of aryl methyl sites for hydroxylation is 1. The minimum Gasteiger partial charge on any atom is -0.342 e. The third-order valence-electron chi connectivity index (χ3n) is 7.65. The van der Waals surface area contributed by atoms with Gasteiger partial charge in [0.2, 0.25) is 5.91 Å². The molecule has 2 fully saturated rings. The summed E-state index contributed by atoms with van der Waals surface area (Å²) >= 11 is 0. The van der Waals surface area contributed by atoms with Crippen LogP contribution in [0.25, 0.3) is 22.5 Å². The highest BCUT2D eigenvalue weighted by molar-refractivity contribution is 5.94. The van der Waals surface area contributed by atoms with E-state index >= 15 is 0 Å². The molecule has 1 saturated carbocycles. The lowest BCUT2D eigenvalue weighted by atomic mass is 9.94. The Labute approximate surface area is 232 Å². The number of carbonyl (C=O) groups excluding carboxylic acids is 1.